The Hall–Kier alpha value is -2.41. The normalized spacial score (nSPS) is 13.3. The summed E-state index contributed by atoms with van der Waals surface area (Å²) in [4.78, 5) is 16.1. The fourth-order valence-corrected chi connectivity index (χ4v) is 2.50. The molecule has 7 heteroatoms. The van der Waals surface area contributed by atoms with Gasteiger partial charge in [-0.25, -0.2) is 4.79 Å². The minimum Gasteiger partial charge on any atom is -0.394 e. The Morgan fingerprint density at radius 3 is 2.75 bits per heavy atom. The summed E-state index contributed by atoms with van der Waals surface area (Å²) in [7, 11) is 0. The molecule has 24 heavy (non-hydrogen) atoms. The van der Waals surface area contributed by atoms with Crippen molar-refractivity contribution in [2.75, 3.05) is 11.9 Å². The summed E-state index contributed by atoms with van der Waals surface area (Å²) < 4.78 is 1.79. The van der Waals surface area contributed by atoms with E-state index in [2.05, 4.69) is 20.7 Å². The van der Waals surface area contributed by atoms with E-state index in [0.29, 0.717) is 12.2 Å². The monoisotopic (exact) mass is 331 g/mol. The molecule has 2 rings (SSSR count). The number of urea groups is 1. The zero-order valence-corrected chi connectivity index (χ0v) is 14.2. The smallest absolute Gasteiger partial charge is 0.320 e. The largest absolute Gasteiger partial charge is 0.394 e. The lowest BCUT2D eigenvalue weighted by Crippen LogP contribution is -2.50. The van der Waals surface area contributed by atoms with Crippen molar-refractivity contribution in [1.29, 1.82) is 0 Å². The molecule has 0 saturated heterocycles. The topological polar surface area (TPSA) is 92.1 Å². The van der Waals surface area contributed by atoms with Crippen molar-refractivity contribution in [1.82, 2.24) is 20.1 Å². The van der Waals surface area contributed by atoms with Gasteiger partial charge in [0.1, 0.15) is 0 Å². The number of hydrogen-bond acceptors (Lipinski definition) is 4. The number of amides is 2. The van der Waals surface area contributed by atoms with Gasteiger partial charge in [0.25, 0.3) is 0 Å². The molecule has 2 heterocycles. The molecule has 0 fully saturated rings. The molecular weight excluding hydrogens is 306 g/mol. The first-order chi connectivity index (χ1) is 11.5. The molecule has 2 amide bonds. The van der Waals surface area contributed by atoms with Gasteiger partial charge in [0, 0.05) is 31.2 Å². The van der Waals surface area contributed by atoms with Crippen molar-refractivity contribution in [2.24, 2.45) is 0 Å². The van der Waals surface area contributed by atoms with Crippen molar-refractivity contribution in [2.45, 2.75) is 45.2 Å². The maximum atomic E-state index is 12.1. The molecular formula is C17H25N5O2. The first-order valence-electron chi connectivity index (χ1n) is 8.17. The van der Waals surface area contributed by atoms with Gasteiger partial charge >= 0.3 is 6.03 Å². The summed E-state index contributed by atoms with van der Waals surface area (Å²) in [6, 6.07) is 5.33. The molecule has 130 valence electrons. The molecule has 1 atom stereocenters. The third-order valence-electron chi connectivity index (χ3n) is 3.83. The number of aryl methyl sites for hydroxylation is 2. The van der Waals surface area contributed by atoms with Crippen LogP contribution < -0.4 is 10.6 Å². The lowest BCUT2D eigenvalue weighted by atomic mass is 9.98. The van der Waals surface area contributed by atoms with Crippen LogP contribution >= 0.6 is 0 Å². The number of aliphatic hydroxyl groups excluding tert-OH is 1. The number of carbonyl (C=O) groups excluding carboxylic acids is 1. The molecule has 0 radical (unpaired) electrons. The number of nitrogens with zero attached hydrogens (tertiary/aromatic N) is 3. The number of anilines is 1. The first kappa shape index (κ1) is 17.9. The minimum absolute atomic E-state index is 0.103. The Morgan fingerprint density at radius 1 is 1.33 bits per heavy atom. The van der Waals surface area contributed by atoms with E-state index in [1.807, 2.05) is 32.2 Å². The summed E-state index contributed by atoms with van der Waals surface area (Å²) in [5.74, 6) is 0.485. The number of aromatic nitrogens is 3. The van der Waals surface area contributed by atoms with E-state index in [0.717, 1.165) is 19.4 Å². The van der Waals surface area contributed by atoms with E-state index >= 15 is 0 Å². The summed E-state index contributed by atoms with van der Waals surface area (Å²) in [5, 5.41) is 19.3. The molecule has 3 N–H and O–H groups in total. The summed E-state index contributed by atoms with van der Waals surface area (Å²) in [5.41, 5.74) is 0.564. The van der Waals surface area contributed by atoms with E-state index in [4.69, 9.17) is 0 Å². The first-order valence-corrected chi connectivity index (χ1v) is 8.17. The molecule has 0 spiro atoms. The van der Waals surface area contributed by atoms with Crippen LogP contribution in [0.4, 0.5) is 10.6 Å². The number of aliphatic hydroxyl groups is 1. The van der Waals surface area contributed by atoms with E-state index in [1.165, 1.54) is 5.56 Å². The molecule has 0 bridgehead atoms. The fourth-order valence-electron chi connectivity index (χ4n) is 2.50. The third-order valence-corrected chi connectivity index (χ3v) is 3.83. The van der Waals surface area contributed by atoms with Gasteiger partial charge in [0.15, 0.2) is 5.82 Å². The zero-order valence-electron chi connectivity index (χ0n) is 14.2. The van der Waals surface area contributed by atoms with E-state index < -0.39 is 5.54 Å². The predicted molar refractivity (Wildman–Crippen MR) is 92.7 cm³/mol. The number of nitrogens with one attached hydrogen (secondary N) is 2. The van der Waals surface area contributed by atoms with Gasteiger partial charge in [-0.2, -0.15) is 5.10 Å². The highest BCUT2D eigenvalue weighted by molar-refractivity contribution is 5.88. The van der Waals surface area contributed by atoms with Crippen LogP contribution in [0.5, 0.6) is 0 Å². The van der Waals surface area contributed by atoms with Crippen molar-refractivity contribution in [3.8, 4) is 0 Å². The molecule has 2 aromatic rings. The maximum absolute atomic E-state index is 12.1. The van der Waals surface area contributed by atoms with Crippen LogP contribution in [0.3, 0.4) is 0 Å². The van der Waals surface area contributed by atoms with Gasteiger partial charge in [-0.15, -0.1) is 0 Å². The van der Waals surface area contributed by atoms with Gasteiger partial charge in [-0.1, -0.05) is 13.3 Å². The van der Waals surface area contributed by atoms with Crippen LogP contribution in [-0.2, 0) is 13.0 Å². The Bertz CT molecular complexity index is 643. The average Bonchev–Trinajstić information content (AvgIpc) is 3.01. The van der Waals surface area contributed by atoms with Crippen LogP contribution in [0, 0.1) is 0 Å². The van der Waals surface area contributed by atoms with E-state index in [9.17, 15) is 9.90 Å². The average molecular weight is 331 g/mol. The highest BCUT2D eigenvalue weighted by Gasteiger charge is 2.24. The van der Waals surface area contributed by atoms with E-state index in [1.54, 1.807) is 23.1 Å². The Morgan fingerprint density at radius 2 is 2.08 bits per heavy atom. The van der Waals surface area contributed by atoms with Crippen LogP contribution in [0.25, 0.3) is 0 Å². The Balaban J connectivity index is 1.85. The second-order valence-corrected chi connectivity index (χ2v) is 6.12. The molecule has 0 aliphatic carbocycles. The highest BCUT2D eigenvalue weighted by Crippen LogP contribution is 2.12. The highest BCUT2D eigenvalue weighted by atomic mass is 16.3. The summed E-state index contributed by atoms with van der Waals surface area (Å²) in [6.07, 6.45) is 7.79. The van der Waals surface area contributed by atoms with Crippen molar-refractivity contribution < 1.29 is 9.90 Å². The number of pyridine rings is 1. The summed E-state index contributed by atoms with van der Waals surface area (Å²) >= 11 is 0. The maximum Gasteiger partial charge on any atom is 0.320 e. The van der Waals surface area contributed by atoms with E-state index in [-0.39, 0.29) is 12.6 Å². The van der Waals surface area contributed by atoms with Gasteiger partial charge in [-0.3, -0.25) is 15.0 Å². The number of carbonyl (C=O) groups is 1. The van der Waals surface area contributed by atoms with Crippen molar-refractivity contribution in [3.63, 3.8) is 0 Å². The predicted octanol–water partition coefficient (Wildman–Crippen LogP) is 2.19. The fraction of sp³-hybridized carbons (Fsp3) is 0.471. The van der Waals surface area contributed by atoms with Gasteiger partial charge in [-0.05, 0) is 37.5 Å². The third kappa shape index (κ3) is 5.34. The minimum atomic E-state index is -0.622. The molecule has 7 nitrogen and oxygen atoms in total. The Labute approximate surface area is 142 Å². The molecule has 0 aliphatic heterocycles. The molecule has 0 saturated carbocycles. The molecule has 0 aromatic carbocycles. The standard InChI is InChI=1S/C17H25N5O2/c1-3-8-17(2,13-23)20-16(24)19-15-7-12-22(21-15)11-6-14-4-9-18-10-5-14/h4-5,7,9-10,12,23H,3,6,8,11,13H2,1-2H3,(H2,19,20,21,24). The second-order valence-electron chi connectivity index (χ2n) is 6.12. The van der Waals surface area contributed by atoms with Crippen molar-refractivity contribution >= 4 is 11.8 Å². The summed E-state index contributed by atoms with van der Waals surface area (Å²) in [6.45, 7) is 4.45. The van der Waals surface area contributed by atoms with Crippen LogP contribution in [0.1, 0.15) is 32.3 Å². The lowest BCUT2D eigenvalue weighted by Gasteiger charge is -2.28. The van der Waals surface area contributed by atoms with Crippen LogP contribution in [-0.4, -0.2) is 38.0 Å². The second kappa shape index (κ2) is 8.44. The zero-order chi connectivity index (χ0) is 17.4. The number of rotatable bonds is 8. The lowest BCUT2D eigenvalue weighted by molar-refractivity contribution is 0.167. The van der Waals surface area contributed by atoms with Crippen LogP contribution in [0.15, 0.2) is 36.8 Å². The Kier molecular flexibility index (Phi) is 6.31. The van der Waals surface area contributed by atoms with Crippen molar-refractivity contribution in [3.05, 3.63) is 42.4 Å². The molecule has 0 aliphatic rings. The SMILES string of the molecule is CCCC(C)(CO)NC(=O)Nc1ccn(CCc2ccncc2)n1. The van der Waals surface area contributed by atoms with Gasteiger partial charge in [0.2, 0.25) is 0 Å². The molecule has 2 aromatic heterocycles. The quantitative estimate of drug-likeness (QED) is 0.691. The van der Waals surface area contributed by atoms with Gasteiger partial charge < -0.3 is 10.4 Å². The van der Waals surface area contributed by atoms with Crippen LogP contribution in [0.2, 0.25) is 0 Å². The number of hydrogen-bond donors (Lipinski definition) is 3. The van der Waals surface area contributed by atoms with Gasteiger partial charge in [0.05, 0.1) is 12.1 Å². The molecule has 1 unspecified atom stereocenters.